The van der Waals surface area contributed by atoms with Crippen molar-refractivity contribution in [2.75, 3.05) is 0 Å². The van der Waals surface area contributed by atoms with Crippen LogP contribution < -0.4 is 0 Å². The van der Waals surface area contributed by atoms with Crippen molar-refractivity contribution in [1.82, 2.24) is 9.55 Å². The molecule has 2 nitrogen and oxygen atoms in total. The Morgan fingerprint density at radius 2 is 1.93 bits per heavy atom. The molecule has 0 amide bonds. The van der Waals surface area contributed by atoms with E-state index in [1.807, 2.05) is 13.8 Å². The Bertz CT molecular complexity index is 503. The van der Waals surface area contributed by atoms with Crippen molar-refractivity contribution in [3.05, 3.63) is 47.5 Å². The second kappa shape index (κ2) is 3.46. The minimum Gasteiger partial charge on any atom is -0.300 e. The Kier molecular flexibility index (Phi) is 2.26. The molecule has 2 aromatic rings. The van der Waals surface area contributed by atoms with Gasteiger partial charge in [0.2, 0.25) is 0 Å². The maximum absolute atomic E-state index is 13.4. The SMILES string of the molecule is Cc1ncn(-c2ccc(F)cc2F)c1C. The zero-order valence-electron chi connectivity index (χ0n) is 8.46. The summed E-state index contributed by atoms with van der Waals surface area (Å²) in [5, 5.41) is 0. The molecule has 0 radical (unpaired) electrons. The molecular formula is C11H10F2N2. The molecular weight excluding hydrogens is 198 g/mol. The maximum Gasteiger partial charge on any atom is 0.150 e. The smallest absolute Gasteiger partial charge is 0.150 e. The number of rotatable bonds is 1. The van der Waals surface area contributed by atoms with Crippen LogP contribution in [0.4, 0.5) is 8.78 Å². The normalized spacial score (nSPS) is 10.7. The molecule has 1 aromatic carbocycles. The van der Waals surface area contributed by atoms with E-state index in [-0.39, 0.29) is 0 Å². The van der Waals surface area contributed by atoms with E-state index < -0.39 is 11.6 Å². The molecule has 0 saturated carbocycles. The van der Waals surface area contributed by atoms with Gasteiger partial charge < -0.3 is 4.57 Å². The standard InChI is InChI=1S/C11H10F2N2/c1-7-8(2)15(6-14-7)11-4-3-9(12)5-10(11)13/h3-6H,1-2H3. The molecule has 0 bridgehead atoms. The van der Waals surface area contributed by atoms with Crippen LogP contribution in [0.15, 0.2) is 24.5 Å². The predicted molar refractivity (Wildman–Crippen MR) is 53.0 cm³/mol. The third-order valence-electron chi connectivity index (χ3n) is 2.42. The van der Waals surface area contributed by atoms with E-state index in [0.29, 0.717) is 5.69 Å². The average Bonchev–Trinajstić information content (AvgIpc) is 2.49. The predicted octanol–water partition coefficient (Wildman–Crippen LogP) is 2.77. The first-order chi connectivity index (χ1) is 7.09. The summed E-state index contributed by atoms with van der Waals surface area (Å²) in [7, 11) is 0. The van der Waals surface area contributed by atoms with Crippen LogP contribution in [0.1, 0.15) is 11.4 Å². The van der Waals surface area contributed by atoms with Gasteiger partial charge in [-0.25, -0.2) is 13.8 Å². The Balaban J connectivity index is 2.59. The van der Waals surface area contributed by atoms with Crippen molar-refractivity contribution in [2.24, 2.45) is 0 Å². The molecule has 0 saturated heterocycles. The number of imidazole rings is 1. The van der Waals surface area contributed by atoms with Gasteiger partial charge in [0, 0.05) is 11.8 Å². The van der Waals surface area contributed by atoms with Crippen molar-refractivity contribution >= 4 is 0 Å². The fourth-order valence-electron chi connectivity index (χ4n) is 1.42. The molecule has 0 aliphatic carbocycles. The molecule has 2 rings (SSSR count). The summed E-state index contributed by atoms with van der Waals surface area (Å²) in [5.41, 5.74) is 1.99. The number of benzene rings is 1. The second-order valence-corrected chi connectivity index (χ2v) is 3.38. The van der Waals surface area contributed by atoms with Crippen LogP contribution in [0.2, 0.25) is 0 Å². The van der Waals surface area contributed by atoms with Crippen molar-refractivity contribution in [1.29, 1.82) is 0 Å². The summed E-state index contributed by atoms with van der Waals surface area (Å²) < 4.78 is 27.7. The Morgan fingerprint density at radius 1 is 1.20 bits per heavy atom. The second-order valence-electron chi connectivity index (χ2n) is 3.38. The van der Waals surface area contributed by atoms with Gasteiger partial charge in [0.05, 0.1) is 17.7 Å². The molecule has 1 heterocycles. The van der Waals surface area contributed by atoms with Crippen molar-refractivity contribution in [3.8, 4) is 5.69 Å². The molecule has 1 aromatic heterocycles. The van der Waals surface area contributed by atoms with E-state index in [1.54, 1.807) is 4.57 Å². The van der Waals surface area contributed by atoms with Crippen LogP contribution in [-0.4, -0.2) is 9.55 Å². The van der Waals surface area contributed by atoms with Crippen molar-refractivity contribution in [2.45, 2.75) is 13.8 Å². The Morgan fingerprint density at radius 3 is 2.47 bits per heavy atom. The monoisotopic (exact) mass is 208 g/mol. The molecule has 78 valence electrons. The van der Waals surface area contributed by atoms with Gasteiger partial charge in [0.25, 0.3) is 0 Å². The minimum atomic E-state index is -0.587. The molecule has 0 aliphatic rings. The van der Waals surface area contributed by atoms with E-state index >= 15 is 0 Å². The highest BCUT2D eigenvalue weighted by Gasteiger charge is 2.09. The topological polar surface area (TPSA) is 17.8 Å². The van der Waals surface area contributed by atoms with E-state index in [2.05, 4.69) is 4.98 Å². The van der Waals surface area contributed by atoms with Crippen LogP contribution in [0.5, 0.6) is 0 Å². The first-order valence-corrected chi connectivity index (χ1v) is 4.55. The molecule has 0 aliphatic heterocycles. The summed E-state index contributed by atoms with van der Waals surface area (Å²) in [5.74, 6) is -1.17. The fourth-order valence-corrected chi connectivity index (χ4v) is 1.42. The van der Waals surface area contributed by atoms with E-state index in [9.17, 15) is 8.78 Å². The summed E-state index contributed by atoms with van der Waals surface area (Å²) in [6, 6.07) is 3.50. The lowest BCUT2D eigenvalue weighted by atomic mass is 10.2. The lowest BCUT2D eigenvalue weighted by molar-refractivity contribution is 0.577. The molecule has 0 fully saturated rings. The first kappa shape index (κ1) is 9.83. The first-order valence-electron chi connectivity index (χ1n) is 4.55. The third kappa shape index (κ3) is 1.63. The average molecular weight is 208 g/mol. The largest absolute Gasteiger partial charge is 0.300 e. The van der Waals surface area contributed by atoms with Gasteiger partial charge in [-0.2, -0.15) is 0 Å². The number of halogens is 2. The van der Waals surface area contributed by atoms with Gasteiger partial charge in [0.15, 0.2) is 0 Å². The van der Waals surface area contributed by atoms with Gasteiger partial charge in [0.1, 0.15) is 11.6 Å². The molecule has 0 atom stereocenters. The van der Waals surface area contributed by atoms with Crippen molar-refractivity contribution < 1.29 is 8.78 Å². The summed E-state index contributed by atoms with van der Waals surface area (Å²) in [6.45, 7) is 3.68. The highest BCUT2D eigenvalue weighted by molar-refractivity contribution is 5.36. The number of hydrogen-bond donors (Lipinski definition) is 0. The zero-order chi connectivity index (χ0) is 11.0. The zero-order valence-corrected chi connectivity index (χ0v) is 8.46. The number of hydrogen-bond acceptors (Lipinski definition) is 1. The Hall–Kier alpha value is -1.71. The summed E-state index contributed by atoms with van der Waals surface area (Å²) in [4.78, 5) is 4.06. The molecule has 0 N–H and O–H groups in total. The van der Waals surface area contributed by atoms with Crippen molar-refractivity contribution in [3.63, 3.8) is 0 Å². The fraction of sp³-hybridized carbons (Fsp3) is 0.182. The lowest BCUT2D eigenvalue weighted by Crippen LogP contribution is -1.99. The van der Waals surface area contributed by atoms with Crippen LogP contribution >= 0.6 is 0 Å². The van der Waals surface area contributed by atoms with Crippen LogP contribution in [0.3, 0.4) is 0 Å². The van der Waals surface area contributed by atoms with Gasteiger partial charge >= 0.3 is 0 Å². The third-order valence-corrected chi connectivity index (χ3v) is 2.42. The number of nitrogens with zero attached hydrogens (tertiary/aromatic N) is 2. The molecule has 15 heavy (non-hydrogen) atoms. The lowest BCUT2D eigenvalue weighted by Gasteiger charge is -2.06. The molecule has 0 spiro atoms. The highest BCUT2D eigenvalue weighted by Crippen LogP contribution is 2.17. The van der Waals surface area contributed by atoms with E-state index in [1.165, 1.54) is 18.5 Å². The van der Waals surface area contributed by atoms with E-state index in [4.69, 9.17) is 0 Å². The summed E-state index contributed by atoms with van der Waals surface area (Å²) in [6.07, 6.45) is 1.53. The number of aromatic nitrogens is 2. The van der Waals surface area contributed by atoms with Crippen LogP contribution in [0.25, 0.3) is 5.69 Å². The molecule has 4 heteroatoms. The maximum atomic E-state index is 13.4. The van der Waals surface area contributed by atoms with Crippen LogP contribution in [-0.2, 0) is 0 Å². The van der Waals surface area contributed by atoms with Gasteiger partial charge in [-0.1, -0.05) is 0 Å². The van der Waals surface area contributed by atoms with Gasteiger partial charge in [-0.15, -0.1) is 0 Å². The van der Waals surface area contributed by atoms with E-state index in [0.717, 1.165) is 17.5 Å². The van der Waals surface area contributed by atoms with Gasteiger partial charge in [-0.3, -0.25) is 0 Å². The Labute approximate surface area is 86.2 Å². The highest BCUT2D eigenvalue weighted by atomic mass is 19.1. The van der Waals surface area contributed by atoms with Gasteiger partial charge in [-0.05, 0) is 26.0 Å². The van der Waals surface area contributed by atoms with Crippen LogP contribution in [0, 0.1) is 25.5 Å². The summed E-state index contributed by atoms with van der Waals surface area (Å²) >= 11 is 0. The quantitative estimate of drug-likeness (QED) is 0.704. The minimum absolute atomic E-state index is 0.314. The molecule has 0 unspecified atom stereocenters. The number of aryl methyl sites for hydroxylation is 1.